The Morgan fingerprint density at radius 2 is 2.24 bits per heavy atom. The first kappa shape index (κ1) is 14.0. The first-order valence-electron chi connectivity index (χ1n) is 6.15. The Balaban J connectivity index is 2.69. The number of nitrogens with zero attached hydrogens (tertiary/aromatic N) is 1. The molecule has 1 amide bonds. The van der Waals surface area contributed by atoms with Crippen molar-refractivity contribution in [1.29, 1.82) is 0 Å². The van der Waals surface area contributed by atoms with Crippen LogP contribution < -0.4 is 0 Å². The molecule has 1 aliphatic rings. The number of likely N-dealkylation sites (tertiary alicyclic amines) is 1. The molecule has 17 heavy (non-hydrogen) atoms. The Kier molecular flexibility index (Phi) is 4.57. The molecule has 1 N–H and O–H groups in total. The van der Waals surface area contributed by atoms with Crippen LogP contribution >= 0.6 is 0 Å². The van der Waals surface area contributed by atoms with E-state index < -0.39 is 5.60 Å². The fourth-order valence-corrected chi connectivity index (χ4v) is 1.96. The maximum absolute atomic E-state index is 11.9. The van der Waals surface area contributed by atoms with E-state index in [-0.39, 0.29) is 18.7 Å². The van der Waals surface area contributed by atoms with Crippen LogP contribution in [0.2, 0.25) is 0 Å². The van der Waals surface area contributed by atoms with Gasteiger partial charge in [-0.3, -0.25) is 4.90 Å². The van der Waals surface area contributed by atoms with Crippen molar-refractivity contribution in [2.75, 3.05) is 13.2 Å². The van der Waals surface area contributed by atoms with Crippen LogP contribution in [0.5, 0.6) is 0 Å². The van der Waals surface area contributed by atoms with Crippen molar-refractivity contribution in [2.24, 2.45) is 0 Å². The minimum atomic E-state index is -0.492. The van der Waals surface area contributed by atoms with Crippen LogP contribution in [-0.4, -0.2) is 40.9 Å². The van der Waals surface area contributed by atoms with Gasteiger partial charge >= 0.3 is 6.09 Å². The van der Waals surface area contributed by atoms with Gasteiger partial charge in [0.2, 0.25) is 0 Å². The summed E-state index contributed by atoms with van der Waals surface area (Å²) in [6.45, 7) is 8.17. The monoisotopic (exact) mass is 241 g/mol. The van der Waals surface area contributed by atoms with E-state index in [1.165, 1.54) is 5.57 Å². The van der Waals surface area contributed by atoms with Crippen LogP contribution in [0.15, 0.2) is 11.6 Å². The maximum atomic E-state index is 11.9. The minimum Gasteiger partial charge on any atom is -0.444 e. The lowest BCUT2D eigenvalue weighted by atomic mass is 10.1. The van der Waals surface area contributed by atoms with Gasteiger partial charge in [0.1, 0.15) is 5.60 Å². The molecular weight excluding hydrogens is 218 g/mol. The van der Waals surface area contributed by atoms with Gasteiger partial charge in [0, 0.05) is 6.54 Å². The quantitative estimate of drug-likeness (QED) is 0.755. The van der Waals surface area contributed by atoms with Crippen LogP contribution in [0.3, 0.4) is 0 Å². The molecule has 1 heterocycles. The van der Waals surface area contributed by atoms with E-state index in [1.54, 1.807) is 4.90 Å². The first-order chi connectivity index (χ1) is 7.87. The number of hydrogen-bond acceptors (Lipinski definition) is 3. The summed E-state index contributed by atoms with van der Waals surface area (Å²) in [7, 11) is 0. The standard InChI is InChI=1S/C13H23NO3/c1-5-6-10-7-11(9-15)14(8-10)12(16)17-13(2,3)4/h6,11,15H,5,7-9H2,1-4H3/b10-6+/t11-/m0/s1. The smallest absolute Gasteiger partial charge is 0.410 e. The molecule has 0 aromatic carbocycles. The topological polar surface area (TPSA) is 49.8 Å². The van der Waals surface area contributed by atoms with Gasteiger partial charge in [-0.15, -0.1) is 0 Å². The molecule has 1 saturated heterocycles. The van der Waals surface area contributed by atoms with Gasteiger partial charge in [-0.05, 0) is 33.6 Å². The van der Waals surface area contributed by atoms with E-state index in [0.717, 1.165) is 12.8 Å². The van der Waals surface area contributed by atoms with E-state index in [9.17, 15) is 9.90 Å². The zero-order valence-corrected chi connectivity index (χ0v) is 11.2. The lowest BCUT2D eigenvalue weighted by molar-refractivity contribution is 0.0178. The fraction of sp³-hybridized carbons (Fsp3) is 0.769. The van der Waals surface area contributed by atoms with Gasteiger partial charge in [0.05, 0.1) is 12.6 Å². The number of ether oxygens (including phenoxy) is 1. The van der Waals surface area contributed by atoms with Crippen LogP contribution in [0, 0.1) is 0 Å². The summed E-state index contributed by atoms with van der Waals surface area (Å²) in [6, 6.07) is -0.136. The van der Waals surface area contributed by atoms with Gasteiger partial charge < -0.3 is 9.84 Å². The number of aliphatic hydroxyl groups excluding tert-OH is 1. The number of aliphatic hydroxyl groups is 1. The Morgan fingerprint density at radius 3 is 2.71 bits per heavy atom. The van der Waals surface area contributed by atoms with Crippen molar-refractivity contribution in [1.82, 2.24) is 4.90 Å². The Morgan fingerprint density at radius 1 is 1.59 bits per heavy atom. The third kappa shape index (κ3) is 4.04. The molecule has 4 nitrogen and oxygen atoms in total. The highest BCUT2D eigenvalue weighted by atomic mass is 16.6. The zero-order chi connectivity index (χ0) is 13.1. The summed E-state index contributed by atoms with van der Waals surface area (Å²) in [4.78, 5) is 13.6. The van der Waals surface area contributed by atoms with E-state index in [0.29, 0.717) is 6.54 Å². The third-order valence-corrected chi connectivity index (χ3v) is 2.64. The molecule has 0 saturated carbocycles. The molecule has 0 aromatic rings. The second kappa shape index (κ2) is 5.54. The van der Waals surface area contributed by atoms with Gasteiger partial charge in [-0.1, -0.05) is 18.6 Å². The Bertz CT molecular complexity index is 304. The highest BCUT2D eigenvalue weighted by molar-refractivity contribution is 5.69. The molecule has 1 atom stereocenters. The number of rotatable bonds is 2. The van der Waals surface area contributed by atoms with E-state index in [4.69, 9.17) is 4.74 Å². The maximum Gasteiger partial charge on any atom is 0.410 e. The lowest BCUT2D eigenvalue weighted by Crippen LogP contribution is -2.41. The summed E-state index contributed by atoms with van der Waals surface area (Å²) in [6.07, 6.45) is 3.49. The highest BCUT2D eigenvalue weighted by Crippen LogP contribution is 2.24. The molecule has 0 unspecified atom stereocenters. The molecule has 1 fully saturated rings. The Labute approximate surface area is 103 Å². The normalized spacial score (nSPS) is 23.2. The first-order valence-corrected chi connectivity index (χ1v) is 6.15. The van der Waals surface area contributed by atoms with Crippen LogP contribution in [0.4, 0.5) is 4.79 Å². The minimum absolute atomic E-state index is 0.0136. The zero-order valence-electron chi connectivity index (χ0n) is 11.2. The van der Waals surface area contributed by atoms with E-state index in [2.05, 4.69) is 13.0 Å². The molecule has 4 heteroatoms. The van der Waals surface area contributed by atoms with Gasteiger partial charge in [-0.25, -0.2) is 4.79 Å². The van der Waals surface area contributed by atoms with E-state index >= 15 is 0 Å². The third-order valence-electron chi connectivity index (χ3n) is 2.64. The van der Waals surface area contributed by atoms with Crippen molar-refractivity contribution < 1.29 is 14.6 Å². The van der Waals surface area contributed by atoms with E-state index in [1.807, 2.05) is 20.8 Å². The molecule has 98 valence electrons. The average Bonchev–Trinajstić information content (AvgIpc) is 2.59. The summed E-state index contributed by atoms with van der Waals surface area (Å²) in [5.74, 6) is 0. The van der Waals surface area contributed by atoms with Gasteiger partial charge in [0.15, 0.2) is 0 Å². The van der Waals surface area contributed by atoms with Crippen molar-refractivity contribution in [2.45, 2.75) is 52.2 Å². The average molecular weight is 241 g/mol. The lowest BCUT2D eigenvalue weighted by Gasteiger charge is -2.27. The van der Waals surface area contributed by atoms with Crippen LogP contribution in [0.25, 0.3) is 0 Å². The predicted molar refractivity (Wildman–Crippen MR) is 66.8 cm³/mol. The molecule has 0 aliphatic carbocycles. The molecule has 0 aromatic heterocycles. The van der Waals surface area contributed by atoms with Crippen LogP contribution in [-0.2, 0) is 4.74 Å². The van der Waals surface area contributed by atoms with Crippen LogP contribution in [0.1, 0.15) is 40.5 Å². The highest BCUT2D eigenvalue weighted by Gasteiger charge is 2.33. The van der Waals surface area contributed by atoms with Crippen molar-refractivity contribution in [3.8, 4) is 0 Å². The number of allylic oxidation sites excluding steroid dienone is 1. The van der Waals surface area contributed by atoms with Gasteiger partial charge in [-0.2, -0.15) is 0 Å². The van der Waals surface area contributed by atoms with Crippen molar-refractivity contribution in [3.63, 3.8) is 0 Å². The van der Waals surface area contributed by atoms with Crippen molar-refractivity contribution >= 4 is 6.09 Å². The number of carbonyl (C=O) groups is 1. The fourth-order valence-electron chi connectivity index (χ4n) is 1.96. The predicted octanol–water partition coefficient (Wildman–Crippen LogP) is 2.32. The molecule has 1 rings (SSSR count). The second-order valence-electron chi connectivity index (χ2n) is 5.42. The SMILES string of the molecule is CC/C=C1\C[C@@H](CO)N(C(=O)OC(C)(C)C)C1. The van der Waals surface area contributed by atoms with Crippen molar-refractivity contribution in [3.05, 3.63) is 11.6 Å². The van der Waals surface area contributed by atoms with Gasteiger partial charge in [0.25, 0.3) is 0 Å². The second-order valence-corrected chi connectivity index (χ2v) is 5.42. The molecule has 0 spiro atoms. The summed E-state index contributed by atoms with van der Waals surface area (Å²) in [5.41, 5.74) is 0.714. The molecular formula is C13H23NO3. The Hall–Kier alpha value is -1.03. The molecule has 1 aliphatic heterocycles. The largest absolute Gasteiger partial charge is 0.444 e. The summed E-state index contributed by atoms with van der Waals surface area (Å²) in [5, 5.41) is 9.29. The summed E-state index contributed by atoms with van der Waals surface area (Å²) >= 11 is 0. The summed E-state index contributed by atoms with van der Waals surface area (Å²) < 4.78 is 5.33. The number of hydrogen-bond donors (Lipinski definition) is 1. The number of carbonyl (C=O) groups excluding carboxylic acids is 1. The number of amides is 1. The molecule has 0 radical (unpaired) electrons. The molecule has 0 bridgehead atoms.